The van der Waals surface area contributed by atoms with Crippen LogP contribution < -0.4 is 16.0 Å². The van der Waals surface area contributed by atoms with Crippen molar-refractivity contribution < 1.29 is 9.72 Å². The summed E-state index contributed by atoms with van der Waals surface area (Å²) in [5.41, 5.74) is 6.26. The van der Waals surface area contributed by atoms with E-state index in [1.807, 2.05) is 0 Å². The van der Waals surface area contributed by atoms with Crippen LogP contribution >= 0.6 is 0 Å². The predicted octanol–water partition coefficient (Wildman–Crippen LogP) is 1.25. The van der Waals surface area contributed by atoms with Crippen molar-refractivity contribution in [1.82, 2.24) is 5.32 Å². The minimum Gasteiger partial charge on any atom is -0.369 e. The van der Waals surface area contributed by atoms with E-state index in [0.717, 1.165) is 4.90 Å². The van der Waals surface area contributed by atoms with Gasteiger partial charge in [-0.15, -0.1) is 0 Å². The van der Waals surface area contributed by atoms with Gasteiger partial charge >= 0.3 is 6.03 Å². The molecule has 0 unspecified atom stereocenters. The van der Waals surface area contributed by atoms with Gasteiger partial charge in [-0.05, 0) is 25.0 Å². The number of aryl methyl sites for hydroxylation is 2. The molecule has 0 aliphatic heterocycles. The van der Waals surface area contributed by atoms with Crippen molar-refractivity contribution >= 4 is 23.4 Å². The van der Waals surface area contributed by atoms with Crippen LogP contribution in [0.4, 0.5) is 16.2 Å². The number of nitrogens with one attached hydrogen (secondary N) is 2. The number of nitro groups is 1. The van der Waals surface area contributed by atoms with Gasteiger partial charge < -0.3 is 11.1 Å². The minimum atomic E-state index is -0.706. The third-order valence-corrected chi connectivity index (χ3v) is 2.50. The zero-order valence-electron chi connectivity index (χ0n) is 10.9. The molecule has 0 aliphatic carbocycles. The van der Waals surface area contributed by atoms with Gasteiger partial charge in [0, 0.05) is 13.1 Å². The summed E-state index contributed by atoms with van der Waals surface area (Å²) in [4.78, 5) is 23.0. The van der Waals surface area contributed by atoms with E-state index in [0.29, 0.717) is 11.1 Å². The molecule has 1 rings (SSSR count). The predicted molar refractivity (Wildman–Crippen MR) is 71.4 cm³/mol. The number of nitrogens with two attached hydrogens (primary N) is 1. The van der Waals surface area contributed by atoms with Crippen LogP contribution in [0, 0.1) is 29.4 Å². The SMILES string of the molecule is CNC(=O)N(C(=N)N)c1c(C)cc(C)cc1[N+](=O)[O-]. The molecule has 2 amide bonds. The minimum absolute atomic E-state index is 0.00227. The van der Waals surface area contributed by atoms with E-state index < -0.39 is 16.9 Å². The van der Waals surface area contributed by atoms with E-state index in [1.54, 1.807) is 19.9 Å². The van der Waals surface area contributed by atoms with Gasteiger partial charge in [0.25, 0.3) is 5.69 Å². The molecule has 8 heteroatoms. The fraction of sp³-hybridized carbons (Fsp3) is 0.273. The fourth-order valence-electron chi connectivity index (χ4n) is 1.81. The number of carbonyl (C=O) groups is 1. The summed E-state index contributed by atoms with van der Waals surface area (Å²) in [5.74, 6) is -0.589. The van der Waals surface area contributed by atoms with Gasteiger partial charge in [-0.25, -0.2) is 9.69 Å². The normalized spacial score (nSPS) is 9.84. The van der Waals surface area contributed by atoms with Gasteiger partial charge in [-0.1, -0.05) is 6.07 Å². The molecule has 0 atom stereocenters. The molecule has 0 radical (unpaired) electrons. The van der Waals surface area contributed by atoms with E-state index in [4.69, 9.17) is 11.1 Å². The lowest BCUT2D eigenvalue weighted by Gasteiger charge is -2.22. The third kappa shape index (κ3) is 2.79. The van der Waals surface area contributed by atoms with Crippen molar-refractivity contribution in [3.05, 3.63) is 33.4 Å². The summed E-state index contributed by atoms with van der Waals surface area (Å²) in [6.07, 6.45) is 0. The van der Waals surface area contributed by atoms with E-state index in [-0.39, 0.29) is 11.4 Å². The second kappa shape index (κ2) is 5.34. The van der Waals surface area contributed by atoms with Gasteiger partial charge in [0.15, 0.2) is 0 Å². The number of anilines is 1. The van der Waals surface area contributed by atoms with Crippen LogP contribution in [0.2, 0.25) is 0 Å². The van der Waals surface area contributed by atoms with Crippen LogP contribution in [0.3, 0.4) is 0 Å². The number of nitro benzene ring substituents is 1. The average Bonchev–Trinajstić information content (AvgIpc) is 2.30. The Hall–Kier alpha value is -2.64. The monoisotopic (exact) mass is 265 g/mol. The van der Waals surface area contributed by atoms with Gasteiger partial charge in [0.2, 0.25) is 5.96 Å². The Balaban J connectivity index is 3.58. The summed E-state index contributed by atoms with van der Waals surface area (Å²) in [6.45, 7) is 3.33. The van der Waals surface area contributed by atoms with Crippen molar-refractivity contribution in [3.63, 3.8) is 0 Å². The van der Waals surface area contributed by atoms with Crippen molar-refractivity contribution in [2.75, 3.05) is 11.9 Å². The molecule has 1 aromatic carbocycles. The maximum atomic E-state index is 11.7. The second-order valence-corrected chi connectivity index (χ2v) is 3.98. The molecule has 0 aliphatic rings. The molecule has 8 nitrogen and oxygen atoms in total. The quantitative estimate of drug-likeness (QED) is 0.322. The van der Waals surface area contributed by atoms with Crippen LogP contribution in [0.15, 0.2) is 12.1 Å². The fourth-order valence-corrected chi connectivity index (χ4v) is 1.81. The Morgan fingerprint density at radius 2 is 2.05 bits per heavy atom. The molecule has 0 heterocycles. The van der Waals surface area contributed by atoms with E-state index >= 15 is 0 Å². The molecule has 0 spiro atoms. The molecule has 0 saturated heterocycles. The van der Waals surface area contributed by atoms with Gasteiger partial charge in [0.05, 0.1) is 4.92 Å². The number of nitrogens with zero attached hydrogens (tertiary/aromatic N) is 2. The Labute approximate surface area is 109 Å². The Bertz CT molecular complexity index is 556. The highest BCUT2D eigenvalue weighted by atomic mass is 16.6. The molecule has 102 valence electrons. The average molecular weight is 265 g/mol. The standard InChI is InChI=1S/C11H15N5O3/c1-6-4-7(2)9(8(5-6)16(18)19)15(10(12)13)11(17)14-3/h4-5H,1-3H3,(H3,12,13)(H,14,17). The highest BCUT2D eigenvalue weighted by Gasteiger charge is 2.28. The molecule has 19 heavy (non-hydrogen) atoms. The number of rotatable bonds is 2. The van der Waals surface area contributed by atoms with E-state index in [2.05, 4.69) is 5.32 Å². The smallest absolute Gasteiger partial charge is 0.328 e. The first-order chi connectivity index (χ1) is 8.79. The second-order valence-electron chi connectivity index (χ2n) is 3.98. The van der Waals surface area contributed by atoms with Gasteiger partial charge in [-0.3, -0.25) is 15.5 Å². The van der Waals surface area contributed by atoms with Crippen molar-refractivity contribution in [3.8, 4) is 0 Å². The van der Waals surface area contributed by atoms with Crippen LogP contribution in [-0.2, 0) is 0 Å². The third-order valence-electron chi connectivity index (χ3n) is 2.50. The van der Waals surface area contributed by atoms with E-state index in [1.165, 1.54) is 13.1 Å². The molecule has 4 N–H and O–H groups in total. The number of hydrogen-bond acceptors (Lipinski definition) is 4. The number of guanidine groups is 1. The number of hydrogen-bond donors (Lipinski definition) is 3. The summed E-state index contributed by atoms with van der Waals surface area (Å²) in [5, 5.41) is 20.8. The number of amides is 2. The molecule has 0 bridgehead atoms. The first-order valence-electron chi connectivity index (χ1n) is 5.41. The van der Waals surface area contributed by atoms with Crippen LogP contribution in [0.25, 0.3) is 0 Å². The zero-order chi connectivity index (χ0) is 14.7. The zero-order valence-corrected chi connectivity index (χ0v) is 10.9. The Kier molecular flexibility index (Phi) is 4.05. The Morgan fingerprint density at radius 3 is 2.47 bits per heavy atom. The lowest BCUT2D eigenvalue weighted by atomic mass is 10.1. The topological polar surface area (TPSA) is 125 Å². The van der Waals surface area contributed by atoms with Crippen molar-refractivity contribution in [2.24, 2.45) is 5.73 Å². The number of carbonyl (C=O) groups excluding carboxylic acids is 1. The van der Waals surface area contributed by atoms with E-state index in [9.17, 15) is 14.9 Å². The summed E-state index contributed by atoms with van der Waals surface area (Å²) in [7, 11) is 1.35. The largest absolute Gasteiger partial charge is 0.369 e. The number of urea groups is 1. The summed E-state index contributed by atoms with van der Waals surface area (Å²) < 4.78 is 0. The number of benzene rings is 1. The molecular formula is C11H15N5O3. The molecular weight excluding hydrogens is 250 g/mol. The van der Waals surface area contributed by atoms with Crippen molar-refractivity contribution in [1.29, 1.82) is 5.41 Å². The molecule has 0 fully saturated rings. The first-order valence-corrected chi connectivity index (χ1v) is 5.41. The van der Waals surface area contributed by atoms with Gasteiger partial charge in [-0.2, -0.15) is 0 Å². The maximum Gasteiger partial charge on any atom is 0.328 e. The van der Waals surface area contributed by atoms with Crippen LogP contribution in [-0.4, -0.2) is 24.0 Å². The summed E-state index contributed by atoms with van der Waals surface area (Å²) >= 11 is 0. The van der Waals surface area contributed by atoms with Crippen LogP contribution in [0.1, 0.15) is 11.1 Å². The highest BCUT2D eigenvalue weighted by Crippen LogP contribution is 2.33. The lowest BCUT2D eigenvalue weighted by Crippen LogP contribution is -2.46. The molecule has 0 aromatic heterocycles. The first kappa shape index (κ1) is 14.4. The molecule has 0 saturated carbocycles. The van der Waals surface area contributed by atoms with Crippen molar-refractivity contribution in [2.45, 2.75) is 13.8 Å². The Morgan fingerprint density at radius 1 is 1.47 bits per heavy atom. The molecule has 1 aromatic rings. The highest BCUT2D eigenvalue weighted by molar-refractivity contribution is 6.15. The summed E-state index contributed by atoms with van der Waals surface area (Å²) in [6, 6.07) is 2.31. The van der Waals surface area contributed by atoms with Gasteiger partial charge in [0.1, 0.15) is 5.69 Å². The lowest BCUT2D eigenvalue weighted by molar-refractivity contribution is -0.384. The van der Waals surface area contributed by atoms with Crippen LogP contribution in [0.5, 0.6) is 0 Å². The maximum absolute atomic E-state index is 11.7.